The van der Waals surface area contributed by atoms with Gasteiger partial charge in [0, 0.05) is 17.2 Å². The van der Waals surface area contributed by atoms with Crippen molar-refractivity contribution in [1.82, 2.24) is 0 Å². The molecule has 0 radical (unpaired) electrons. The van der Waals surface area contributed by atoms with Gasteiger partial charge in [-0.3, -0.25) is 4.79 Å². The molecule has 152 valence electrons. The molecule has 6 heteroatoms. The van der Waals surface area contributed by atoms with E-state index in [1.54, 1.807) is 18.2 Å². The molecule has 2 aromatic carbocycles. The third-order valence-electron chi connectivity index (χ3n) is 4.25. The molecular weight excluding hydrogens is 393 g/mol. The summed E-state index contributed by atoms with van der Waals surface area (Å²) in [5, 5.41) is 2.85. The fraction of sp³-hybridized carbons (Fsp3) is 0.348. The molecule has 0 spiro atoms. The summed E-state index contributed by atoms with van der Waals surface area (Å²) in [5.41, 5.74) is 0.419. The first-order valence-electron chi connectivity index (χ1n) is 9.43. The number of hydrogen-bond acceptors (Lipinski definition) is 3. The SMILES string of the molecule is CCC1COc2cc(NC(=O)c3cc(F)c(C#CC(C)(C)C)cc3Cl)ccc2O1. The van der Waals surface area contributed by atoms with Gasteiger partial charge in [-0.2, -0.15) is 0 Å². The van der Waals surface area contributed by atoms with Gasteiger partial charge in [-0.05, 0) is 51.5 Å². The molecule has 1 atom stereocenters. The van der Waals surface area contributed by atoms with E-state index in [2.05, 4.69) is 17.2 Å². The molecule has 0 aliphatic carbocycles. The number of anilines is 1. The predicted octanol–water partition coefficient (Wildman–Crippen LogP) is 5.68. The van der Waals surface area contributed by atoms with Gasteiger partial charge in [-0.1, -0.05) is 30.4 Å². The molecule has 0 bridgehead atoms. The van der Waals surface area contributed by atoms with Crippen molar-refractivity contribution in [3.63, 3.8) is 0 Å². The van der Waals surface area contributed by atoms with Crippen molar-refractivity contribution in [2.24, 2.45) is 5.41 Å². The minimum atomic E-state index is -0.593. The second-order valence-corrected chi connectivity index (χ2v) is 8.29. The maximum atomic E-state index is 14.4. The number of benzene rings is 2. The summed E-state index contributed by atoms with van der Waals surface area (Å²) < 4.78 is 25.9. The minimum absolute atomic E-state index is 0.0182. The molecule has 3 rings (SSSR count). The lowest BCUT2D eigenvalue weighted by Crippen LogP contribution is -2.28. The van der Waals surface area contributed by atoms with Crippen LogP contribution in [0.1, 0.15) is 50.0 Å². The Hall–Kier alpha value is -2.71. The standard InChI is InChI=1S/C23H23ClFNO3/c1-5-16-13-28-21-11-15(6-7-20(21)29-16)26-22(27)17-12-19(25)14(10-18(17)24)8-9-23(2,3)4/h6-7,10-12,16H,5,13H2,1-4H3,(H,26,27). The van der Waals surface area contributed by atoms with Gasteiger partial charge in [-0.25, -0.2) is 4.39 Å². The van der Waals surface area contributed by atoms with Crippen molar-refractivity contribution < 1.29 is 18.7 Å². The predicted molar refractivity (Wildman–Crippen MR) is 112 cm³/mol. The molecule has 1 aliphatic rings. The first-order chi connectivity index (χ1) is 13.7. The van der Waals surface area contributed by atoms with Crippen LogP contribution in [0, 0.1) is 23.1 Å². The van der Waals surface area contributed by atoms with Crippen molar-refractivity contribution in [3.8, 4) is 23.3 Å². The molecule has 0 fully saturated rings. The second kappa shape index (κ2) is 8.34. The normalized spacial score (nSPS) is 15.3. The highest BCUT2D eigenvalue weighted by Gasteiger charge is 2.21. The van der Waals surface area contributed by atoms with Crippen LogP contribution in [0.25, 0.3) is 0 Å². The van der Waals surface area contributed by atoms with Crippen molar-refractivity contribution in [3.05, 3.63) is 52.3 Å². The van der Waals surface area contributed by atoms with E-state index < -0.39 is 11.7 Å². The Balaban J connectivity index is 1.79. The highest BCUT2D eigenvalue weighted by Crippen LogP contribution is 2.35. The molecule has 29 heavy (non-hydrogen) atoms. The lowest BCUT2D eigenvalue weighted by molar-refractivity contribution is 0.0885. The third-order valence-corrected chi connectivity index (χ3v) is 4.56. The molecule has 0 saturated carbocycles. The minimum Gasteiger partial charge on any atom is -0.486 e. The lowest BCUT2D eigenvalue weighted by atomic mass is 9.97. The van der Waals surface area contributed by atoms with Crippen LogP contribution in [-0.4, -0.2) is 18.6 Å². The van der Waals surface area contributed by atoms with Gasteiger partial charge in [0.2, 0.25) is 0 Å². The summed E-state index contributed by atoms with van der Waals surface area (Å²) in [4.78, 5) is 12.6. The van der Waals surface area contributed by atoms with E-state index in [1.165, 1.54) is 6.07 Å². The molecule has 1 aliphatic heterocycles. The van der Waals surface area contributed by atoms with Crippen molar-refractivity contribution in [2.45, 2.75) is 40.2 Å². The average molecular weight is 416 g/mol. The van der Waals surface area contributed by atoms with E-state index in [-0.39, 0.29) is 27.7 Å². The van der Waals surface area contributed by atoms with E-state index in [0.717, 1.165) is 12.5 Å². The van der Waals surface area contributed by atoms with Crippen LogP contribution in [0.15, 0.2) is 30.3 Å². The summed E-state index contributed by atoms with van der Waals surface area (Å²) in [6.07, 6.45) is 0.864. The first kappa shape index (κ1) is 21.0. The Morgan fingerprint density at radius 3 is 2.72 bits per heavy atom. The molecule has 0 aromatic heterocycles. The van der Waals surface area contributed by atoms with Gasteiger partial charge in [0.15, 0.2) is 11.5 Å². The lowest BCUT2D eigenvalue weighted by Gasteiger charge is -2.26. The van der Waals surface area contributed by atoms with Gasteiger partial charge in [0.1, 0.15) is 18.5 Å². The van der Waals surface area contributed by atoms with Crippen LogP contribution in [0.3, 0.4) is 0 Å². The number of hydrogen-bond donors (Lipinski definition) is 1. The highest BCUT2D eigenvalue weighted by molar-refractivity contribution is 6.34. The Morgan fingerprint density at radius 2 is 2.03 bits per heavy atom. The van der Waals surface area contributed by atoms with Crippen LogP contribution < -0.4 is 14.8 Å². The Bertz CT molecular complexity index is 1000. The number of nitrogens with one attached hydrogen (secondary N) is 1. The summed E-state index contributed by atoms with van der Waals surface area (Å²) in [6, 6.07) is 7.59. The monoisotopic (exact) mass is 415 g/mol. The molecular formula is C23H23ClFNO3. The van der Waals surface area contributed by atoms with Gasteiger partial charge in [-0.15, -0.1) is 0 Å². The van der Waals surface area contributed by atoms with Gasteiger partial charge < -0.3 is 14.8 Å². The molecule has 4 nitrogen and oxygen atoms in total. The Kier molecular flexibility index (Phi) is 6.04. The topological polar surface area (TPSA) is 47.6 Å². The van der Waals surface area contributed by atoms with E-state index in [1.807, 2.05) is 27.7 Å². The van der Waals surface area contributed by atoms with Crippen LogP contribution in [0.2, 0.25) is 5.02 Å². The number of rotatable bonds is 3. The number of fused-ring (bicyclic) bond motifs is 1. The van der Waals surface area contributed by atoms with Crippen LogP contribution >= 0.6 is 11.6 Å². The average Bonchev–Trinajstić information content (AvgIpc) is 2.67. The van der Waals surface area contributed by atoms with E-state index >= 15 is 0 Å². The summed E-state index contributed by atoms with van der Waals surface area (Å²) >= 11 is 6.22. The zero-order valence-corrected chi connectivity index (χ0v) is 17.6. The van der Waals surface area contributed by atoms with Gasteiger partial charge >= 0.3 is 0 Å². The number of ether oxygens (including phenoxy) is 2. The Morgan fingerprint density at radius 1 is 1.28 bits per heavy atom. The van der Waals surface area contributed by atoms with E-state index in [0.29, 0.717) is 23.8 Å². The van der Waals surface area contributed by atoms with E-state index in [4.69, 9.17) is 21.1 Å². The van der Waals surface area contributed by atoms with Crippen molar-refractivity contribution in [1.29, 1.82) is 0 Å². The van der Waals surface area contributed by atoms with Crippen molar-refractivity contribution >= 4 is 23.2 Å². The summed E-state index contributed by atoms with van der Waals surface area (Å²) in [7, 11) is 0. The summed E-state index contributed by atoms with van der Waals surface area (Å²) in [6.45, 7) is 8.26. The first-order valence-corrected chi connectivity index (χ1v) is 9.81. The van der Waals surface area contributed by atoms with Crippen LogP contribution in [-0.2, 0) is 0 Å². The van der Waals surface area contributed by atoms with Gasteiger partial charge in [0.25, 0.3) is 5.91 Å². The fourth-order valence-electron chi connectivity index (χ4n) is 2.66. The van der Waals surface area contributed by atoms with Crippen LogP contribution in [0.4, 0.5) is 10.1 Å². The molecule has 1 N–H and O–H groups in total. The maximum Gasteiger partial charge on any atom is 0.257 e. The molecule has 1 unspecified atom stereocenters. The van der Waals surface area contributed by atoms with E-state index in [9.17, 15) is 9.18 Å². The molecule has 2 aromatic rings. The zero-order chi connectivity index (χ0) is 21.2. The number of carbonyl (C=O) groups excluding carboxylic acids is 1. The van der Waals surface area contributed by atoms with Crippen molar-refractivity contribution in [2.75, 3.05) is 11.9 Å². The quantitative estimate of drug-likeness (QED) is 0.656. The molecule has 1 amide bonds. The third kappa shape index (κ3) is 5.21. The summed E-state index contributed by atoms with van der Waals surface area (Å²) in [5.74, 6) is 5.81. The Labute approximate surface area is 175 Å². The second-order valence-electron chi connectivity index (χ2n) is 7.89. The number of amides is 1. The highest BCUT2D eigenvalue weighted by atomic mass is 35.5. The maximum absolute atomic E-state index is 14.4. The van der Waals surface area contributed by atoms with Crippen LogP contribution in [0.5, 0.6) is 11.5 Å². The van der Waals surface area contributed by atoms with Gasteiger partial charge in [0.05, 0.1) is 16.1 Å². The fourth-order valence-corrected chi connectivity index (χ4v) is 2.91. The largest absolute Gasteiger partial charge is 0.486 e. The number of halogens is 2. The molecule has 1 heterocycles. The number of carbonyl (C=O) groups is 1. The molecule has 0 saturated heterocycles. The smallest absolute Gasteiger partial charge is 0.257 e. The zero-order valence-electron chi connectivity index (χ0n) is 16.9.